The minimum absolute atomic E-state index is 0.0240. The smallest absolute Gasteiger partial charge is 0.416 e. The predicted molar refractivity (Wildman–Crippen MR) is 117 cm³/mol. The van der Waals surface area contributed by atoms with Gasteiger partial charge in [-0.25, -0.2) is 4.98 Å². The van der Waals surface area contributed by atoms with Gasteiger partial charge in [0.15, 0.2) is 5.13 Å². The minimum Gasteiger partial charge on any atom is -0.497 e. The lowest BCUT2D eigenvalue weighted by atomic mass is 10.0. The SMILES string of the molecule is COc1ccc2sc(N(Cc3ccccn3)C(=O)c3cc(C(F)(F)F)cc(C(F)(F)F)c3)nc2c1. The molecule has 0 aliphatic carbocycles. The number of aromatic nitrogens is 2. The molecule has 0 atom stereocenters. The molecule has 1 amide bonds. The molecule has 0 saturated heterocycles. The van der Waals surface area contributed by atoms with Crippen molar-refractivity contribution in [2.45, 2.75) is 18.9 Å². The molecular formula is C23H15F6N3O2S. The number of halogens is 6. The quantitative estimate of drug-likeness (QED) is 0.284. The number of hydrogen-bond donors (Lipinski definition) is 0. The highest BCUT2D eigenvalue weighted by Crippen LogP contribution is 2.38. The van der Waals surface area contributed by atoms with Gasteiger partial charge < -0.3 is 4.74 Å². The number of carbonyl (C=O) groups is 1. The normalized spacial score (nSPS) is 12.1. The van der Waals surface area contributed by atoms with Crippen LogP contribution in [0.3, 0.4) is 0 Å². The Morgan fingerprint density at radius 1 is 0.971 bits per heavy atom. The maximum Gasteiger partial charge on any atom is 0.416 e. The molecule has 0 bridgehead atoms. The lowest BCUT2D eigenvalue weighted by molar-refractivity contribution is -0.143. The molecule has 35 heavy (non-hydrogen) atoms. The Bertz CT molecular complexity index is 1340. The standard InChI is InChI=1S/C23H15F6N3O2S/c1-34-17-5-6-19-18(11-17)31-21(35-19)32(12-16-4-2-3-7-30-16)20(33)13-8-14(22(24,25)26)10-15(9-13)23(27,28)29/h2-11H,12H2,1H3. The maximum atomic E-state index is 13.4. The highest BCUT2D eigenvalue weighted by molar-refractivity contribution is 7.22. The van der Waals surface area contributed by atoms with Crippen molar-refractivity contribution in [3.63, 3.8) is 0 Å². The van der Waals surface area contributed by atoms with Crippen molar-refractivity contribution in [2.24, 2.45) is 0 Å². The average molecular weight is 511 g/mol. The highest BCUT2D eigenvalue weighted by Gasteiger charge is 2.38. The molecule has 0 aliphatic rings. The minimum atomic E-state index is -5.09. The van der Waals surface area contributed by atoms with Gasteiger partial charge in [0.05, 0.1) is 40.7 Å². The van der Waals surface area contributed by atoms with Gasteiger partial charge in [-0.15, -0.1) is 0 Å². The number of hydrogen-bond acceptors (Lipinski definition) is 5. The third-order valence-electron chi connectivity index (χ3n) is 4.94. The fourth-order valence-corrected chi connectivity index (χ4v) is 4.20. The molecule has 0 radical (unpaired) electrons. The molecular weight excluding hydrogens is 496 g/mol. The number of carbonyl (C=O) groups excluding carboxylic acids is 1. The summed E-state index contributed by atoms with van der Waals surface area (Å²) in [5, 5.41) is 0.0786. The Labute approximate surface area is 198 Å². The highest BCUT2D eigenvalue weighted by atomic mass is 32.1. The summed E-state index contributed by atoms with van der Waals surface area (Å²) in [5.74, 6) is -0.595. The second-order valence-corrected chi connectivity index (χ2v) is 8.35. The molecule has 0 fully saturated rings. The molecule has 12 heteroatoms. The van der Waals surface area contributed by atoms with Gasteiger partial charge in [-0.1, -0.05) is 17.4 Å². The molecule has 4 aromatic rings. The maximum absolute atomic E-state index is 13.4. The molecule has 182 valence electrons. The zero-order valence-corrected chi connectivity index (χ0v) is 18.6. The predicted octanol–water partition coefficient (Wildman–Crippen LogP) is 6.58. The zero-order chi connectivity index (χ0) is 25.4. The third-order valence-corrected chi connectivity index (χ3v) is 6.00. The average Bonchev–Trinajstić information content (AvgIpc) is 3.24. The van der Waals surface area contributed by atoms with E-state index < -0.39 is 35.0 Å². The van der Waals surface area contributed by atoms with E-state index in [-0.39, 0.29) is 17.7 Å². The molecule has 0 spiro atoms. The van der Waals surface area contributed by atoms with Crippen LogP contribution in [-0.4, -0.2) is 23.0 Å². The second-order valence-electron chi connectivity index (χ2n) is 7.34. The Hall–Kier alpha value is -3.67. The summed E-state index contributed by atoms with van der Waals surface area (Å²) in [4.78, 5) is 22.9. The van der Waals surface area contributed by atoms with Crippen LogP contribution in [0.4, 0.5) is 31.5 Å². The molecule has 0 unspecified atom stereocenters. The lowest BCUT2D eigenvalue weighted by Gasteiger charge is -2.21. The van der Waals surface area contributed by atoms with Crippen LogP contribution in [0.15, 0.2) is 60.8 Å². The number of anilines is 1. The molecule has 0 saturated carbocycles. The van der Waals surface area contributed by atoms with Crippen LogP contribution >= 0.6 is 11.3 Å². The number of benzene rings is 2. The molecule has 0 aliphatic heterocycles. The molecule has 5 nitrogen and oxygen atoms in total. The van der Waals surface area contributed by atoms with E-state index in [0.29, 0.717) is 33.8 Å². The van der Waals surface area contributed by atoms with Crippen molar-refractivity contribution in [3.8, 4) is 5.75 Å². The molecule has 2 heterocycles. The first kappa shape index (κ1) is 24.5. The molecule has 2 aromatic heterocycles. The Kier molecular flexibility index (Phi) is 6.41. The summed E-state index contributed by atoms with van der Waals surface area (Å²) in [6.07, 6.45) is -8.73. The Balaban J connectivity index is 1.84. The van der Waals surface area contributed by atoms with E-state index in [1.54, 1.807) is 36.4 Å². The van der Waals surface area contributed by atoms with Crippen molar-refractivity contribution >= 4 is 32.6 Å². The van der Waals surface area contributed by atoms with Crippen molar-refractivity contribution in [1.29, 1.82) is 0 Å². The topological polar surface area (TPSA) is 55.3 Å². The van der Waals surface area contributed by atoms with Gasteiger partial charge >= 0.3 is 12.4 Å². The van der Waals surface area contributed by atoms with Crippen molar-refractivity contribution in [1.82, 2.24) is 9.97 Å². The van der Waals surface area contributed by atoms with Crippen LogP contribution in [-0.2, 0) is 18.9 Å². The van der Waals surface area contributed by atoms with E-state index in [9.17, 15) is 31.1 Å². The van der Waals surface area contributed by atoms with Gasteiger partial charge in [-0.3, -0.25) is 14.7 Å². The van der Waals surface area contributed by atoms with Crippen LogP contribution < -0.4 is 9.64 Å². The Morgan fingerprint density at radius 2 is 1.66 bits per heavy atom. The number of fused-ring (bicyclic) bond motifs is 1. The van der Waals surface area contributed by atoms with Crippen molar-refractivity contribution in [3.05, 3.63) is 83.2 Å². The lowest BCUT2D eigenvalue weighted by Crippen LogP contribution is -2.31. The first-order valence-corrected chi connectivity index (χ1v) is 10.7. The Morgan fingerprint density at radius 3 is 2.23 bits per heavy atom. The van der Waals surface area contributed by atoms with Gasteiger partial charge in [0.1, 0.15) is 5.75 Å². The van der Waals surface area contributed by atoms with E-state index in [4.69, 9.17) is 4.74 Å². The van der Waals surface area contributed by atoms with Gasteiger partial charge in [-0.05, 0) is 42.5 Å². The van der Waals surface area contributed by atoms with E-state index in [0.717, 1.165) is 16.2 Å². The number of amides is 1. The number of methoxy groups -OCH3 is 1. The van der Waals surface area contributed by atoms with E-state index in [1.807, 2.05) is 0 Å². The second kappa shape index (κ2) is 9.17. The fourth-order valence-electron chi connectivity index (χ4n) is 3.25. The summed E-state index contributed by atoms with van der Waals surface area (Å²) in [7, 11) is 1.46. The summed E-state index contributed by atoms with van der Waals surface area (Å²) in [6.45, 7) is -0.228. The third kappa shape index (κ3) is 5.37. The monoisotopic (exact) mass is 511 g/mol. The zero-order valence-electron chi connectivity index (χ0n) is 17.8. The first-order valence-electron chi connectivity index (χ1n) is 9.91. The summed E-state index contributed by atoms with van der Waals surface area (Å²) >= 11 is 1.05. The van der Waals surface area contributed by atoms with E-state index in [2.05, 4.69) is 9.97 Å². The van der Waals surface area contributed by atoms with Gasteiger partial charge in [0, 0.05) is 17.8 Å². The molecule has 2 aromatic carbocycles. The summed E-state index contributed by atoms with van der Waals surface area (Å²) in [6, 6.07) is 10.6. The number of rotatable bonds is 5. The van der Waals surface area contributed by atoms with Crippen LogP contribution in [0.2, 0.25) is 0 Å². The number of alkyl halides is 6. The van der Waals surface area contributed by atoms with Crippen LogP contribution in [0, 0.1) is 0 Å². The molecule has 4 rings (SSSR count). The van der Waals surface area contributed by atoms with Gasteiger partial charge in [0.25, 0.3) is 5.91 Å². The van der Waals surface area contributed by atoms with Crippen LogP contribution in [0.5, 0.6) is 5.75 Å². The summed E-state index contributed by atoms with van der Waals surface area (Å²) in [5.41, 5.74) is -3.13. The van der Waals surface area contributed by atoms with E-state index >= 15 is 0 Å². The van der Waals surface area contributed by atoms with Crippen molar-refractivity contribution in [2.75, 3.05) is 12.0 Å². The fraction of sp³-hybridized carbons (Fsp3) is 0.174. The van der Waals surface area contributed by atoms with Gasteiger partial charge in [-0.2, -0.15) is 26.3 Å². The number of ether oxygens (including phenoxy) is 1. The number of nitrogens with zero attached hydrogens (tertiary/aromatic N) is 3. The van der Waals surface area contributed by atoms with Crippen molar-refractivity contribution < 1.29 is 35.9 Å². The van der Waals surface area contributed by atoms with Gasteiger partial charge in [0.2, 0.25) is 0 Å². The molecule has 0 N–H and O–H groups in total. The number of thiazole rings is 1. The van der Waals surface area contributed by atoms with Crippen LogP contribution in [0.1, 0.15) is 27.2 Å². The van der Waals surface area contributed by atoms with Crippen LogP contribution in [0.25, 0.3) is 10.2 Å². The number of pyridine rings is 1. The summed E-state index contributed by atoms with van der Waals surface area (Å²) < 4.78 is 85.9. The largest absolute Gasteiger partial charge is 0.497 e. The first-order chi connectivity index (χ1) is 16.5. The van der Waals surface area contributed by atoms with E-state index in [1.165, 1.54) is 13.3 Å².